The number of hydrogen-bond donors (Lipinski definition) is 1. The van der Waals surface area contributed by atoms with Crippen LogP contribution in [-0.2, 0) is 16.1 Å². The zero-order valence-electron chi connectivity index (χ0n) is 10.8. The Kier molecular flexibility index (Phi) is 3.28. The molecule has 6 nitrogen and oxygen atoms in total. The minimum atomic E-state index is -0.684. The van der Waals surface area contributed by atoms with E-state index >= 15 is 0 Å². The molecule has 2 aliphatic heterocycles. The summed E-state index contributed by atoms with van der Waals surface area (Å²) in [6.45, 7) is 5.08. The fourth-order valence-electron chi connectivity index (χ4n) is 3.12. The van der Waals surface area contributed by atoms with Crippen LogP contribution in [0.4, 0.5) is 0 Å². The van der Waals surface area contributed by atoms with Gasteiger partial charge in [0.1, 0.15) is 10.0 Å². The van der Waals surface area contributed by atoms with Crippen LogP contribution in [0.25, 0.3) is 0 Å². The van der Waals surface area contributed by atoms with Crippen LogP contribution in [0.1, 0.15) is 16.4 Å². The molecule has 0 aromatic carbocycles. The van der Waals surface area contributed by atoms with Crippen molar-refractivity contribution < 1.29 is 14.6 Å². The van der Waals surface area contributed by atoms with Crippen LogP contribution in [-0.4, -0.2) is 52.5 Å². The summed E-state index contributed by atoms with van der Waals surface area (Å²) in [6, 6.07) is 0. The van der Waals surface area contributed by atoms with Gasteiger partial charge in [-0.1, -0.05) is 0 Å². The molecule has 2 fully saturated rings. The van der Waals surface area contributed by atoms with Gasteiger partial charge in [0.15, 0.2) is 0 Å². The Labute approximate surface area is 115 Å². The van der Waals surface area contributed by atoms with Crippen LogP contribution in [0, 0.1) is 18.3 Å². The van der Waals surface area contributed by atoms with Gasteiger partial charge in [0.05, 0.1) is 18.6 Å². The molecule has 0 spiro atoms. The van der Waals surface area contributed by atoms with Crippen molar-refractivity contribution in [3.8, 4) is 0 Å². The number of aliphatic carboxylic acids is 1. The van der Waals surface area contributed by atoms with Gasteiger partial charge in [-0.2, -0.15) is 0 Å². The molecule has 1 aromatic heterocycles. The molecular weight excluding hydrogens is 266 g/mol. The highest BCUT2D eigenvalue weighted by molar-refractivity contribution is 7.11. The highest BCUT2D eigenvalue weighted by Gasteiger charge is 2.53. The first kappa shape index (κ1) is 13.0. The molecule has 0 radical (unpaired) electrons. The Morgan fingerprint density at radius 2 is 2.47 bits per heavy atom. The fourth-order valence-corrected chi connectivity index (χ4v) is 3.87. The van der Waals surface area contributed by atoms with Crippen molar-refractivity contribution in [2.24, 2.45) is 11.3 Å². The number of carbonyl (C=O) groups is 1. The number of aryl methyl sites for hydroxylation is 1. The fraction of sp³-hybridized carbons (Fsp3) is 0.750. The predicted octanol–water partition coefficient (Wildman–Crippen LogP) is 0.770. The van der Waals surface area contributed by atoms with Gasteiger partial charge in [0.2, 0.25) is 0 Å². The molecule has 2 atom stereocenters. The summed E-state index contributed by atoms with van der Waals surface area (Å²) in [7, 11) is 0. The summed E-state index contributed by atoms with van der Waals surface area (Å²) in [5.41, 5.74) is -0.627. The third-order valence-corrected chi connectivity index (χ3v) is 4.95. The van der Waals surface area contributed by atoms with E-state index in [-0.39, 0.29) is 5.92 Å². The topological polar surface area (TPSA) is 75.5 Å². The van der Waals surface area contributed by atoms with Gasteiger partial charge >= 0.3 is 5.97 Å². The maximum absolute atomic E-state index is 11.7. The molecule has 7 heteroatoms. The number of likely N-dealkylation sites (tertiary alicyclic amines) is 1. The van der Waals surface area contributed by atoms with Crippen molar-refractivity contribution >= 4 is 17.3 Å². The first-order valence-corrected chi connectivity index (χ1v) is 7.24. The molecule has 1 aromatic rings. The monoisotopic (exact) mass is 283 g/mol. The van der Waals surface area contributed by atoms with Crippen LogP contribution in [0.3, 0.4) is 0 Å². The molecule has 0 saturated carbocycles. The highest BCUT2D eigenvalue weighted by Crippen LogP contribution is 2.42. The van der Waals surface area contributed by atoms with Crippen molar-refractivity contribution in [1.29, 1.82) is 0 Å². The summed E-state index contributed by atoms with van der Waals surface area (Å²) in [5.74, 6) is -0.593. The van der Waals surface area contributed by atoms with Crippen molar-refractivity contribution in [3.63, 3.8) is 0 Å². The second-order valence-corrected chi connectivity index (χ2v) is 6.63. The quantitative estimate of drug-likeness (QED) is 0.883. The number of rotatable bonds is 3. The Balaban J connectivity index is 1.75. The van der Waals surface area contributed by atoms with E-state index in [9.17, 15) is 9.90 Å². The Bertz CT molecular complexity index is 492. The lowest BCUT2D eigenvalue weighted by molar-refractivity contribution is -0.157. The van der Waals surface area contributed by atoms with Crippen LogP contribution in [0.5, 0.6) is 0 Å². The van der Waals surface area contributed by atoms with E-state index in [1.807, 2.05) is 6.92 Å². The summed E-state index contributed by atoms with van der Waals surface area (Å²) >= 11 is 1.57. The molecule has 19 heavy (non-hydrogen) atoms. The normalized spacial score (nSPS) is 31.3. The Morgan fingerprint density at radius 1 is 1.63 bits per heavy atom. The van der Waals surface area contributed by atoms with Crippen LogP contribution in [0.15, 0.2) is 0 Å². The number of fused-ring (bicyclic) bond motifs is 1. The van der Waals surface area contributed by atoms with Crippen molar-refractivity contribution in [2.45, 2.75) is 19.9 Å². The van der Waals surface area contributed by atoms with Crippen LogP contribution in [0.2, 0.25) is 0 Å². The molecule has 0 amide bonds. The van der Waals surface area contributed by atoms with E-state index in [1.54, 1.807) is 11.3 Å². The van der Waals surface area contributed by atoms with Crippen molar-refractivity contribution in [3.05, 3.63) is 10.0 Å². The largest absolute Gasteiger partial charge is 0.481 e. The smallest absolute Gasteiger partial charge is 0.311 e. The first-order chi connectivity index (χ1) is 9.10. The summed E-state index contributed by atoms with van der Waals surface area (Å²) in [6.07, 6.45) is 0.610. The SMILES string of the molecule is Cc1nnc(CN2C[C@@H]3COCC[C@]3(C(=O)O)C2)s1. The van der Waals surface area contributed by atoms with Gasteiger partial charge in [-0.05, 0) is 13.3 Å². The molecule has 0 aliphatic carbocycles. The molecule has 104 valence electrons. The number of nitrogens with zero attached hydrogens (tertiary/aromatic N) is 3. The average molecular weight is 283 g/mol. The highest BCUT2D eigenvalue weighted by atomic mass is 32.1. The van der Waals surface area contributed by atoms with Gasteiger partial charge < -0.3 is 9.84 Å². The maximum Gasteiger partial charge on any atom is 0.311 e. The predicted molar refractivity (Wildman–Crippen MR) is 68.9 cm³/mol. The molecule has 3 heterocycles. The van der Waals surface area contributed by atoms with Crippen LogP contribution < -0.4 is 0 Å². The number of carboxylic acids is 1. The lowest BCUT2D eigenvalue weighted by Crippen LogP contribution is -2.44. The summed E-state index contributed by atoms with van der Waals surface area (Å²) < 4.78 is 5.45. The van der Waals surface area contributed by atoms with E-state index in [2.05, 4.69) is 15.1 Å². The van der Waals surface area contributed by atoms with E-state index in [4.69, 9.17) is 4.74 Å². The van der Waals surface area contributed by atoms with Crippen molar-refractivity contribution in [1.82, 2.24) is 15.1 Å². The third kappa shape index (κ3) is 2.26. The van der Waals surface area contributed by atoms with E-state index < -0.39 is 11.4 Å². The third-order valence-electron chi connectivity index (χ3n) is 4.13. The number of ether oxygens (including phenoxy) is 1. The second-order valence-electron chi connectivity index (χ2n) is 5.37. The molecular formula is C12H17N3O3S. The molecule has 3 rings (SSSR count). The van der Waals surface area contributed by atoms with Gasteiger partial charge in [-0.15, -0.1) is 21.5 Å². The standard InChI is InChI=1S/C12H17N3O3S/c1-8-13-14-10(19-8)5-15-4-9-6-18-3-2-12(9,7-15)11(16)17/h9H,2-7H2,1H3,(H,16,17)/t9-,12+/m1/s1. The summed E-state index contributed by atoms with van der Waals surface area (Å²) in [4.78, 5) is 13.8. The number of carboxylic acid groups (broad SMARTS) is 1. The van der Waals surface area contributed by atoms with Gasteiger partial charge in [-0.3, -0.25) is 9.69 Å². The van der Waals surface area contributed by atoms with Gasteiger partial charge in [0.25, 0.3) is 0 Å². The maximum atomic E-state index is 11.7. The minimum absolute atomic E-state index is 0.0905. The molecule has 2 aliphatic rings. The van der Waals surface area contributed by atoms with Crippen LogP contribution >= 0.6 is 11.3 Å². The van der Waals surface area contributed by atoms with E-state index in [0.29, 0.717) is 32.7 Å². The Morgan fingerprint density at radius 3 is 3.11 bits per heavy atom. The lowest BCUT2D eigenvalue weighted by atomic mass is 9.74. The molecule has 2 saturated heterocycles. The summed E-state index contributed by atoms with van der Waals surface area (Å²) in [5, 5.41) is 19.6. The molecule has 0 unspecified atom stereocenters. The zero-order valence-corrected chi connectivity index (χ0v) is 11.7. The number of aromatic nitrogens is 2. The Hall–Kier alpha value is -1.05. The van der Waals surface area contributed by atoms with Crippen molar-refractivity contribution in [2.75, 3.05) is 26.3 Å². The van der Waals surface area contributed by atoms with E-state index in [0.717, 1.165) is 16.6 Å². The second kappa shape index (κ2) is 4.81. The van der Waals surface area contributed by atoms with Gasteiger partial charge in [-0.25, -0.2) is 0 Å². The molecule has 1 N–H and O–H groups in total. The lowest BCUT2D eigenvalue weighted by Gasteiger charge is -2.34. The van der Waals surface area contributed by atoms with E-state index in [1.165, 1.54) is 0 Å². The zero-order chi connectivity index (χ0) is 13.5. The average Bonchev–Trinajstić information content (AvgIpc) is 2.93. The minimum Gasteiger partial charge on any atom is -0.481 e. The number of hydrogen-bond acceptors (Lipinski definition) is 6. The molecule has 0 bridgehead atoms. The first-order valence-electron chi connectivity index (χ1n) is 6.43. The van der Waals surface area contributed by atoms with Gasteiger partial charge in [0, 0.05) is 25.6 Å².